The van der Waals surface area contributed by atoms with Crippen molar-refractivity contribution in [3.05, 3.63) is 29.3 Å². The Bertz CT molecular complexity index is 685. The standard InChI is InChI=1S/C22H35N3O4/c1-16(2)12-19(22(27)29-5)23-21(26)15-25-10-8-24(9-11-25)14-18-13-17(3)6-7-20(18)28-4/h6-7,13,16,19H,8-12,14-15H2,1-5H3,(H,23,26)/t19-/m1/s1. The van der Waals surface area contributed by atoms with Crippen molar-refractivity contribution in [2.45, 2.75) is 39.8 Å². The van der Waals surface area contributed by atoms with E-state index in [0.29, 0.717) is 18.9 Å². The average molecular weight is 406 g/mol. The molecule has 1 heterocycles. The van der Waals surface area contributed by atoms with Gasteiger partial charge in [0, 0.05) is 38.3 Å². The van der Waals surface area contributed by atoms with Gasteiger partial charge < -0.3 is 14.8 Å². The molecule has 0 radical (unpaired) electrons. The van der Waals surface area contributed by atoms with Gasteiger partial charge in [-0.25, -0.2) is 4.79 Å². The zero-order chi connectivity index (χ0) is 21.4. The Labute approximate surface area is 174 Å². The Morgan fingerprint density at radius 1 is 1.10 bits per heavy atom. The van der Waals surface area contributed by atoms with Gasteiger partial charge in [-0.3, -0.25) is 14.6 Å². The van der Waals surface area contributed by atoms with Crippen LogP contribution in [-0.2, 0) is 20.9 Å². The zero-order valence-corrected chi connectivity index (χ0v) is 18.4. The molecule has 1 aliphatic heterocycles. The van der Waals surface area contributed by atoms with Crippen molar-refractivity contribution in [1.29, 1.82) is 0 Å². The lowest BCUT2D eigenvalue weighted by molar-refractivity contribution is -0.145. The first-order valence-corrected chi connectivity index (χ1v) is 10.3. The van der Waals surface area contributed by atoms with Crippen LogP contribution < -0.4 is 10.1 Å². The predicted molar refractivity (Wildman–Crippen MR) is 113 cm³/mol. The van der Waals surface area contributed by atoms with Crippen molar-refractivity contribution < 1.29 is 19.1 Å². The maximum atomic E-state index is 12.4. The quantitative estimate of drug-likeness (QED) is 0.632. The highest BCUT2D eigenvalue weighted by Crippen LogP contribution is 2.22. The number of carbonyl (C=O) groups excluding carboxylic acids is 2. The van der Waals surface area contributed by atoms with Gasteiger partial charge in [0.15, 0.2) is 0 Å². The van der Waals surface area contributed by atoms with E-state index in [-0.39, 0.29) is 11.9 Å². The van der Waals surface area contributed by atoms with Crippen molar-refractivity contribution in [2.75, 3.05) is 46.9 Å². The summed E-state index contributed by atoms with van der Waals surface area (Å²) in [6, 6.07) is 5.66. The van der Waals surface area contributed by atoms with Gasteiger partial charge in [-0.2, -0.15) is 0 Å². The highest BCUT2D eigenvalue weighted by molar-refractivity contribution is 5.85. The van der Waals surface area contributed by atoms with Crippen LogP contribution in [0.2, 0.25) is 0 Å². The number of nitrogens with zero attached hydrogens (tertiary/aromatic N) is 2. The summed E-state index contributed by atoms with van der Waals surface area (Å²) in [6.07, 6.45) is 0.574. The Morgan fingerprint density at radius 3 is 2.34 bits per heavy atom. The van der Waals surface area contributed by atoms with E-state index in [1.165, 1.54) is 18.2 Å². The normalized spacial score (nSPS) is 16.5. The van der Waals surface area contributed by atoms with Crippen molar-refractivity contribution >= 4 is 11.9 Å². The van der Waals surface area contributed by atoms with Gasteiger partial charge >= 0.3 is 5.97 Å². The van der Waals surface area contributed by atoms with Gasteiger partial charge in [0.2, 0.25) is 5.91 Å². The molecule has 29 heavy (non-hydrogen) atoms. The minimum atomic E-state index is -0.581. The van der Waals surface area contributed by atoms with Gasteiger partial charge in [0.25, 0.3) is 0 Å². The molecule has 1 aliphatic rings. The SMILES string of the molecule is COC(=O)[C@@H](CC(C)C)NC(=O)CN1CCN(Cc2cc(C)ccc2OC)CC1. The van der Waals surface area contributed by atoms with E-state index in [0.717, 1.165) is 38.5 Å². The molecule has 0 saturated carbocycles. The number of aryl methyl sites for hydroxylation is 1. The number of piperazine rings is 1. The van der Waals surface area contributed by atoms with Crippen LogP contribution in [-0.4, -0.2) is 74.7 Å². The molecule has 7 heteroatoms. The molecule has 7 nitrogen and oxygen atoms in total. The second kappa shape index (κ2) is 11.2. The fourth-order valence-corrected chi connectivity index (χ4v) is 3.65. The van der Waals surface area contributed by atoms with Gasteiger partial charge in [0.1, 0.15) is 11.8 Å². The van der Waals surface area contributed by atoms with Crippen LogP contribution in [0.25, 0.3) is 0 Å². The molecule has 0 aromatic heterocycles. The minimum absolute atomic E-state index is 0.130. The first-order chi connectivity index (χ1) is 13.8. The Morgan fingerprint density at radius 2 is 1.76 bits per heavy atom. The van der Waals surface area contributed by atoms with Crippen LogP contribution >= 0.6 is 0 Å². The van der Waals surface area contributed by atoms with Crippen LogP contribution in [0.15, 0.2) is 18.2 Å². The highest BCUT2D eigenvalue weighted by Gasteiger charge is 2.25. The molecular formula is C22H35N3O4. The Hall–Kier alpha value is -2.12. The number of methoxy groups -OCH3 is 2. The molecule has 0 spiro atoms. The third kappa shape index (κ3) is 7.33. The van der Waals surface area contributed by atoms with Crippen LogP contribution in [0.3, 0.4) is 0 Å². The second-order valence-corrected chi connectivity index (χ2v) is 8.14. The molecule has 0 bridgehead atoms. The third-order valence-electron chi connectivity index (χ3n) is 5.19. The van der Waals surface area contributed by atoms with Crippen LogP contribution in [0.1, 0.15) is 31.4 Å². The monoisotopic (exact) mass is 405 g/mol. The second-order valence-electron chi connectivity index (χ2n) is 8.14. The van der Waals surface area contributed by atoms with Gasteiger partial charge in [-0.05, 0) is 25.3 Å². The summed E-state index contributed by atoms with van der Waals surface area (Å²) in [5.41, 5.74) is 2.41. The summed E-state index contributed by atoms with van der Waals surface area (Å²) in [4.78, 5) is 28.8. The summed E-state index contributed by atoms with van der Waals surface area (Å²) >= 11 is 0. The highest BCUT2D eigenvalue weighted by atomic mass is 16.5. The van der Waals surface area contributed by atoms with Crippen LogP contribution in [0.4, 0.5) is 0 Å². The largest absolute Gasteiger partial charge is 0.496 e. The molecule has 1 amide bonds. The number of hydrogen-bond donors (Lipinski definition) is 1. The lowest BCUT2D eigenvalue weighted by Crippen LogP contribution is -2.51. The van der Waals surface area contributed by atoms with Crippen molar-refractivity contribution in [2.24, 2.45) is 5.92 Å². The fourth-order valence-electron chi connectivity index (χ4n) is 3.65. The zero-order valence-electron chi connectivity index (χ0n) is 18.4. The van der Waals surface area contributed by atoms with Crippen molar-refractivity contribution in [3.8, 4) is 5.75 Å². The molecule has 2 rings (SSSR count). The number of carbonyl (C=O) groups is 2. The lowest BCUT2D eigenvalue weighted by Gasteiger charge is -2.34. The van der Waals surface area contributed by atoms with E-state index < -0.39 is 6.04 Å². The van der Waals surface area contributed by atoms with Gasteiger partial charge in [0.05, 0.1) is 20.8 Å². The molecule has 162 valence electrons. The molecule has 1 N–H and O–H groups in total. The Balaban J connectivity index is 1.82. The molecule has 1 aromatic rings. The molecule has 0 aliphatic carbocycles. The molecule has 1 fully saturated rings. The number of benzene rings is 1. The van der Waals surface area contributed by atoms with E-state index in [2.05, 4.69) is 34.2 Å². The van der Waals surface area contributed by atoms with E-state index in [1.807, 2.05) is 19.9 Å². The van der Waals surface area contributed by atoms with Gasteiger partial charge in [-0.15, -0.1) is 0 Å². The predicted octanol–water partition coefficient (Wildman–Crippen LogP) is 1.83. The lowest BCUT2D eigenvalue weighted by atomic mass is 10.0. The first kappa shape index (κ1) is 23.2. The minimum Gasteiger partial charge on any atom is -0.496 e. The summed E-state index contributed by atoms with van der Waals surface area (Å²) in [5, 5.41) is 2.83. The molecular weight excluding hydrogens is 370 g/mol. The summed E-state index contributed by atoms with van der Waals surface area (Å²) in [5.74, 6) is 0.691. The summed E-state index contributed by atoms with van der Waals surface area (Å²) < 4.78 is 10.3. The van der Waals surface area contributed by atoms with Gasteiger partial charge in [-0.1, -0.05) is 31.5 Å². The summed E-state index contributed by atoms with van der Waals surface area (Å²) in [7, 11) is 3.05. The third-order valence-corrected chi connectivity index (χ3v) is 5.19. The fraction of sp³-hybridized carbons (Fsp3) is 0.636. The molecule has 1 saturated heterocycles. The number of ether oxygens (including phenoxy) is 2. The van der Waals surface area contributed by atoms with Crippen LogP contribution in [0.5, 0.6) is 5.75 Å². The number of esters is 1. The number of rotatable bonds is 9. The average Bonchev–Trinajstić information content (AvgIpc) is 2.68. The maximum Gasteiger partial charge on any atom is 0.328 e. The summed E-state index contributed by atoms with van der Waals surface area (Å²) in [6.45, 7) is 10.7. The van der Waals surface area contributed by atoms with E-state index in [9.17, 15) is 9.59 Å². The first-order valence-electron chi connectivity index (χ1n) is 10.3. The number of nitrogens with one attached hydrogen (secondary N) is 1. The van der Waals surface area contributed by atoms with Crippen molar-refractivity contribution in [1.82, 2.24) is 15.1 Å². The topological polar surface area (TPSA) is 71.1 Å². The number of amides is 1. The maximum absolute atomic E-state index is 12.4. The number of hydrogen-bond acceptors (Lipinski definition) is 6. The molecule has 1 atom stereocenters. The Kier molecular flexibility index (Phi) is 8.92. The van der Waals surface area contributed by atoms with Crippen LogP contribution in [0, 0.1) is 12.8 Å². The van der Waals surface area contributed by atoms with Crippen molar-refractivity contribution in [3.63, 3.8) is 0 Å². The van der Waals surface area contributed by atoms with E-state index in [4.69, 9.17) is 9.47 Å². The van der Waals surface area contributed by atoms with E-state index in [1.54, 1.807) is 7.11 Å². The molecule has 1 aromatic carbocycles. The smallest absolute Gasteiger partial charge is 0.328 e. The van der Waals surface area contributed by atoms with E-state index >= 15 is 0 Å². The molecule has 0 unspecified atom stereocenters.